The van der Waals surface area contributed by atoms with Crippen LogP contribution in [0.4, 0.5) is 4.39 Å². The fourth-order valence-corrected chi connectivity index (χ4v) is 2.40. The molecular weight excluding hydrogens is 245 g/mol. The molecule has 1 fully saturated rings. The highest BCUT2D eigenvalue weighted by Gasteiger charge is 2.15. The van der Waals surface area contributed by atoms with Gasteiger partial charge in [-0.1, -0.05) is 22.4 Å². The Labute approximate surface area is 91.8 Å². The van der Waals surface area contributed by atoms with E-state index in [0.717, 1.165) is 23.0 Å². The molecule has 0 aliphatic carbocycles. The van der Waals surface area contributed by atoms with Gasteiger partial charge < -0.3 is 5.32 Å². The standard InChI is InChI=1S/C11H13BrFN/c12-9-5-8(6-10(13)7-9)11-3-1-2-4-14-11/h5-7,11,14H,1-4H2/t11-/m1/s1. The Hall–Kier alpha value is -0.410. The van der Waals surface area contributed by atoms with Crippen LogP contribution < -0.4 is 5.32 Å². The molecule has 0 aromatic heterocycles. The summed E-state index contributed by atoms with van der Waals surface area (Å²) in [5, 5.41) is 3.40. The monoisotopic (exact) mass is 257 g/mol. The van der Waals surface area contributed by atoms with Crippen molar-refractivity contribution in [1.29, 1.82) is 0 Å². The first-order chi connectivity index (χ1) is 6.75. The lowest BCUT2D eigenvalue weighted by molar-refractivity contribution is 0.411. The minimum absolute atomic E-state index is 0.165. The van der Waals surface area contributed by atoms with Crippen LogP contribution in [0, 0.1) is 5.82 Å². The highest BCUT2D eigenvalue weighted by Crippen LogP contribution is 2.26. The molecule has 2 rings (SSSR count). The fourth-order valence-electron chi connectivity index (χ4n) is 1.91. The van der Waals surface area contributed by atoms with Gasteiger partial charge in [0.15, 0.2) is 0 Å². The molecule has 1 aromatic rings. The molecule has 0 bridgehead atoms. The van der Waals surface area contributed by atoms with E-state index in [0.29, 0.717) is 6.04 Å². The second kappa shape index (κ2) is 4.41. The van der Waals surface area contributed by atoms with Gasteiger partial charge in [-0.2, -0.15) is 0 Å². The van der Waals surface area contributed by atoms with Crippen LogP contribution >= 0.6 is 15.9 Å². The average Bonchev–Trinajstić information content (AvgIpc) is 2.18. The third kappa shape index (κ3) is 2.34. The molecule has 0 spiro atoms. The Morgan fingerprint density at radius 2 is 2.14 bits per heavy atom. The molecule has 14 heavy (non-hydrogen) atoms. The summed E-state index contributed by atoms with van der Waals surface area (Å²) in [6.07, 6.45) is 3.56. The molecular formula is C11H13BrFN. The van der Waals surface area contributed by atoms with Crippen molar-refractivity contribution >= 4 is 15.9 Å². The van der Waals surface area contributed by atoms with Crippen molar-refractivity contribution in [2.75, 3.05) is 6.54 Å². The number of benzene rings is 1. The van der Waals surface area contributed by atoms with Gasteiger partial charge in [0.25, 0.3) is 0 Å². The van der Waals surface area contributed by atoms with Gasteiger partial charge in [0.05, 0.1) is 0 Å². The molecule has 1 heterocycles. The summed E-state index contributed by atoms with van der Waals surface area (Å²) in [6.45, 7) is 1.04. The number of nitrogens with one attached hydrogen (secondary N) is 1. The van der Waals surface area contributed by atoms with E-state index < -0.39 is 0 Å². The molecule has 0 amide bonds. The number of hydrogen-bond donors (Lipinski definition) is 1. The number of rotatable bonds is 1. The van der Waals surface area contributed by atoms with E-state index in [1.807, 2.05) is 6.07 Å². The Bertz CT molecular complexity index is 301. The first kappa shape index (κ1) is 10.1. The second-order valence-electron chi connectivity index (χ2n) is 3.71. The molecule has 1 N–H and O–H groups in total. The van der Waals surface area contributed by atoms with Crippen LogP contribution in [0.25, 0.3) is 0 Å². The molecule has 0 saturated carbocycles. The summed E-state index contributed by atoms with van der Waals surface area (Å²) >= 11 is 3.31. The molecule has 0 unspecified atom stereocenters. The maximum absolute atomic E-state index is 13.1. The number of piperidine rings is 1. The first-order valence-corrected chi connectivity index (χ1v) is 5.74. The van der Waals surface area contributed by atoms with Gasteiger partial charge in [-0.05, 0) is 43.1 Å². The molecule has 1 atom stereocenters. The maximum atomic E-state index is 13.1. The van der Waals surface area contributed by atoms with Gasteiger partial charge in [0.2, 0.25) is 0 Å². The van der Waals surface area contributed by atoms with E-state index >= 15 is 0 Å². The lowest BCUT2D eigenvalue weighted by Crippen LogP contribution is -2.26. The third-order valence-electron chi connectivity index (χ3n) is 2.60. The zero-order valence-electron chi connectivity index (χ0n) is 7.89. The normalized spacial score (nSPS) is 22.3. The van der Waals surface area contributed by atoms with Crippen LogP contribution in [-0.2, 0) is 0 Å². The van der Waals surface area contributed by atoms with E-state index in [-0.39, 0.29) is 5.82 Å². The third-order valence-corrected chi connectivity index (χ3v) is 3.06. The SMILES string of the molecule is Fc1cc(Br)cc([C@H]2CCCCN2)c1. The van der Waals surface area contributed by atoms with Crippen molar-refractivity contribution in [3.05, 3.63) is 34.1 Å². The molecule has 76 valence electrons. The molecule has 1 aliphatic rings. The predicted octanol–water partition coefficient (Wildman–Crippen LogP) is 3.40. The summed E-state index contributed by atoms with van der Waals surface area (Å²) in [5.74, 6) is -0.165. The summed E-state index contributed by atoms with van der Waals surface area (Å²) in [4.78, 5) is 0. The molecule has 1 aliphatic heterocycles. The number of halogens is 2. The predicted molar refractivity (Wildman–Crippen MR) is 58.7 cm³/mol. The largest absolute Gasteiger partial charge is 0.310 e. The van der Waals surface area contributed by atoms with E-state index in [2.05, 4.69) is 21.2 Å². The van der Waals surface area contributed by atoms with Crippen LogP contribution in [0.1, 0.15) is 30.9 Å². The van der Waals surface area contributed by atoms with Gasteiger partial charge in [0, 0.05) is 10.5 Å². The second-order valence-corrected chi connectivity index (χ2v) is 4.62. The Kier molecular flexibility index (Phi) is 3.19. The Morgan fingerprint density at radius 1 is 1.29 bits per heavy atom. The molecule has 1 saturated heterocycles. The van der Waals surface area contributed by atoms with E-state index in [4.69, 9.17) is 0 Å². The zero-order chi connectivity index (χ0) is 9.97. The maximum Gasteiger partial charge on any atom is 0.124 e. The fraction of sp³-hybridized carbons (Fsp3) is 0.455. The zero-order valence-corrected chi connectivity index (χ0v) is 9.48. The number of hydrogen-bond acceptors (Lipinski definition) is 1. The lowest BCUT2D eigenvalue weighted by atomic mass is 9.98. The molecule has 3 heteroatoms. The van der Waals surface area contributed by atoms with Gasteiger partial charge in [-0.15, -0.1) is 0 Å². The summed E-state index contributed by atoms with van der Waals surface area (Å²) in [5.41, 5.74) is 1.05. The van der Waals surface area contributed by atoms with Gasteiger partial charge in [-0.25, -0.2) is 4.39 Å². The van der Waals surface area contributed by atoms with E-state index in [1.54, 1.807) is 6.07 Å². The first-order valence-electron chi connectivity index (χ1n) is 4.95. The lowest BCUT2D eigenvalue weighted by Gasteiger charge is -2.24. The van der Waals surface area contributed by atoms with E-state index in [1.165, 1.54) is 18.9 Å². The van der Waals surface area contributed by atoms with Gasteiger partial charge in [-0.3, -0.25) is 0 Å². The van der Waals surface area contributed by atoms with Crippen molar-refractivity contribution in [3.63, 3.8) is 0 Å². The topological polar surface area (TPSA) is 12.0 Å². The van der Waals surface area contributed by atoms with Crippen LogP contribution in [0.15, 0.2) is 22.7 Å². The van der Waals surface area contributed by atoms with Crippen molar-refractivity contribution < 1.29 is 4.39 Å². The van der Waals surface area contributed by atoms with Crippen LogP contribution in [0.5, 0.6) is 0 Å². The minimum atomic E-state index is -0.165. The highest BCUT2D eigenvalue weighted by atomic mass is 79.9. The minimum Gasteiger partial charge on any atom is -0.310 e. The van der Waals surface area contributed by atoms with Crippen LogP contribution in [0.3, 0.4) is 0 Å². The van der Waals surface area contributed by atoms with E-state index in [9.17, 15) is 4.39 Å². The average molecular weight is 258 g/mol. The quantitative estimate of drug-likeness (QED) is 0.814. The molecule has 1 aromatic carbocycles. The van der Waals surface area contributed by atoms with Crippen molar-refractivity contribution in [3.8, 4) is 0 Å². The van der Waals surface area contributed by atoms with Gasteiger partial charge in [0.1, 0.15) is 5.82 Å². The highest BCUT2D eigenvalue weighted by molar-refractivity contribution is 9.10. The molecule has 0 radical (unpaired) electrons. The summed E-state index contributed by atoms with van der Waals surface area (Å²) in [7, 11) is 0. The Morgan fingerprint density at radius 3 is 2.79 bits per heavy atom. The van der Waals surface area contributed by atoms with Crippen molar-refractivity contribution in [2.24, 2.45) is 0 Å². The van der Waals surface area contributed by atoms with Crippen LogP contribution in [-0.4, -0.2) is 6.54 Å². The van der Waals surface area contributed by atoms with Crippen molar-refractivity contribution in [1.82, 2.24) is 5.32 Å². The Balaban J connectivity index is 2.21. The van der Waals surface area contributed by atoms with Gasteiger partial charge >= 0.3 is 0 Å². The summed E-state index contributed by atoms with van der Waals surface area (Å²) in [6, 6.07) is 5.43. The summed E-state index contributed by atoms with van der Waals surface area (Å²) < 4.78 is 13.9. The van der Waals surface area contributed by atoms with Crippen molar-refractivity contribution in [2.45, 2.75) is 25.3 Å². The smallest absolute Gasteiger partial charge is 0.124 e. The molecule has 1 nitrogen and oxygen atoms in total. The van der Waals surface area contributed by atoms with Crippen LogP contribution in [0.2, 0.25) is 0 Å².